The summed E-state index contributed by atoms with van der Waals surface area (Å²) in [6, 6.07) is 3.49. The summed E-state index contributed by atoms with van der Waals surface area (Å²) in [5.41, 5.74) is 5.60. The standard InChI is InChI=1S/C13H14N4O3/c1-13(20-12(15)19)2-3-17(8-13)11-4-10(5-14)16-6-9(11)7-18/h4,6-7H,2-3,8H2,1H3,(H2,15,19). The average Bonchev–Trinajstić information content (AvgIpc) is 2.79. The Hall–Kier alpha value is -2.62. The molecule has 1 amide bonds. The third-order valence-corrected chi connectivity index (χ3v) is 3.28. The van der Waals surface area contributed by atoms with E-state index in [9.17, 15) is 9.59 Å². The predicted molar refractivity (Wildman–Crippen MR) is 70.2 cm³/mol. The van der Waals surface area contributed by atoms with E-state index in [1.165, 1.54) is 6.20 Å². The molecule has 0 aliphatic carbocycles. The van der Waals surface area contributed by atoms with Crippen molar-refractivity contribution in [2.24, 2.45) is 5.73 Å². The van der Waals surface area contributed by atoms with Crippen LogP contribution in [0.3, 0.4) is 0 Å². The lowest BCUT2D eigenvalue weighted by Gasteiger charge is -2.25. The monoisotopic (exact) mass is 274 g/mol. The number of rotatable bonds is 3. The molecular formula is C13H14N4O3. The van der Waals surface area contributed by atoms with Crippen LogP contribution in [-0.4, -0.2) is 36.1 Å². The molecule has 1 aromatic heterocycles. The van der Waals surface area contributed by atoms with Gasteiger partial charge in [0.2, 0.25) is 0 Å². The van der Waals surface area contributed by atoms with E-state index in [2.05, 4.69) is 4.98 Å². The number of aldehydes is 1. The first-order chi connectivity index (χ1) is 9.47. The highest BCUT2D eigenvalue weighted by molar-refractivity contribution is 5.84. The largest absolute Gasteiger partial charge is 0.441 e. The topological polar surface area (TPSA) is 109 Å². The molecule has 0 spiro atoms. The van der Waals surface area contributed by atoms with Crippen molar-refractivity contribution in [1.82, 2.24) is 4.98 Å². The molecule has 1 atom stereocenters. The van der Waals surface area contributed by atoms with E-state index < -0.39 is 11.7 Å². The van der Waals surface area contributed by atoms with Gasteiger partial charge >= 0.3 is 6.09 Å². The second kappa shape index (κ2) is 5.17. The molecule has 7 heteroatoms. The molecule has 7 nitrogen and oxygen atoms in total. The van der Waals surface area contributed by atoms with E-state index in [1.807, 2.05) is 11.0 Å². The fourth-order valence-corrected chi connectivity index (χ4v) is 2.35. The second-order valence-corrected chi connectivity index (χ2v) is 4.90. The van der Waals surface area contributed by atoms with Crippen LogP contribution in [0.2, 0.25) is 0 Å². The van der Waals surface area contributed by atoms with Crippen molar-refractivity contribution in [2.75, 3.05) is 18.0 Å². The molecule has 1 aliphatic heterocycles. The molecule has 1 unspecified atom stereocenters. The number of nitriles is 1. The van der Waals surface area contributed by atoms with Gasteiger partial charge in [-0.3, -0.25) is 4.79 Å². The number of primary amides is 1. The lowest BCUT2D eigenvalue weighted by molar-refractivity contribution is 0.0480. The molecule has 1 aliphatic rings. The number of anilines is 1. The normalized spacial score (nSPS) is 21.3. The fourth-order valence-electron chi connectivity index (χ4n) is 2.35. The molecule has 104 valence electrons. The lowest BCUT2D eigenvalue weighted by atomic mass is 10.1. The van der Waals surface area contributed by atoms with Crippen molar-refractivity contribution in [3.05, 3.63) is 23.5 Å². The van der Waals surface area contributed by atoms with Crippen LogP contribution in [0.1, 0.15) is 29.4 Å². The quantitative estimate of drug-likeness (QED) is 0.817. The Bertz CT molecular complexity index is 596. The van der Waals surface area contributed by atoms with Crippen LogP contribution in [0.5, 0.6) is 0 Å². The van der Waals surface area contributed by atoms with Gasteiger partial charge in [-0.15, -0.1) is 0 Å². The van der Waals surface area contributed by atoms with E-state index in [-0.39, 0.29) is 5.69 Å². The minimum Gasteiger partial charge on any atom is -0.441 e. The highest BCUT2D eigenvalue weighted by atomic mass is 16.6. The molecule has 20 heavy (non-hydrogen) atoms. The van der Waals surface area contributed by atoms with Gasteiger partial charge in [-0.05, 0) is 13.0 Å². The SMILES string of the molecule is CC1(OC(N)=O)CCN(c2cc(C#N)ncc2C=O)C1. The minimum absolute atomic E-state index is 0.232. The number of nitrogens with two attached hydrogens (primary N) is 1. The molecule has 0 saturated carbocycles. The summed E-state index contributed by atoms with van der Waals surface area (Å²) >= 11 is 0. The molecular weight excluding hydrogens is 260 g/mol. The highest BCUT2D eigenvalue weighted by Gasteiger charge is 2.37. The van der Waals surface area contributed by atoms with Gasteiger partial charge in [0, 0.05) is 19.2 Å². The first-order valence-electron chi connectivity index (χ1n) is 6.06. The number of nitrogens with zero attached hydrogens (tertiary/aromatic N) is 3. The molecule has 0 radical (unpaired) electrons. The lowest BCUT2D eigenvalue weighted by Crippen LogP contribution is -2.37. The molecule has 1 fully saturated rings. The van der Waals surface area contributed by atoms with Crippen LogP contribution < -0.4 is 10.6 Å². The Balaban J connectivity index is 2.28. The van der Waals surface area contributed by atoms with Crippen molar-refractivity contribution >= 4 is 18.1 Å². The number of amides is 1. The van der Waals surface area contributed by atoms with Crippen LogP contribution in [0, 0.1) is 11.3 Å². The van der Waals surface area contributed by atoms with E-state index in [1.54, 1.807) is 13.0 Å². The molecule has 2 heterocycles. The third-order valence-electron chi connectivity index (χ3n) is 3.28. The molecule has 0 aromatic carbocycles. The van der Waals surface area contributed by atoms with Gasteiger partial charge in [0.25, 0.3) is 0 Å². The van der Waals surface area contributed by atoms with Crippen molar-refractivity contribution in [3.63, 3.8) is 0 Å². The minimum atomic E-state index is -0.822. The number of carbonyl (C=O) groups excluding carboxylic acids is 2. The van der Waals surface area contributed by atoms with Gasteiger partial charge in [0.15, 0.2) is 6.29 Å². The van der Waals surface area contributed by atoms with Crippen LogP contribution >= 0.6 is 0 Å². The summed E-state index contributed by atoms with van der Waals surface area (Å²) in [6.07, 6.45) is 1.83. The van der Waals surface area contributed by atoms with Gasteiger partial charge < -0.3 is 15.4 Å². The van der Waals surface area contributed by atoms with E-state index in [4.69, 9.17) is 15.7 Å². The highest BCUT2D eigenvalue weighted by Crippen LogP contribution is 2.31. The van der Waals surface area contributed by atoms with Gasteiger partial charge in [-0.1, -0.05) is 0 Å². The Morgan fingerprint density at radius 3 is 3.05 bits per heavy atom. The second-order valence-electron chi connectivity index (χ2n) is 4.90. The van der Waals surface area contributed by atoms with Gasteiger partial charge in [-0.25, -0.2) is 9.78 Å². The van der Waals surface area contributed by atoms with Gasteiger partial charge in [0.05, 0.1) is 17.8 Å². The summed E-state index contributed by atoms with van der Waals surface area (Å²) in [4.78, 5) is 27.7. The zero-order valence-corrected chi connectivity index (χ0v) is 11.0. The van der Waals surface area contributed by atoms with Crippen LogP contribution in [0.15, 0.2) is 12.3 Å². The Morgan fingerprint density at radius 1 is 1.70 bits per heavy atom. The Morgan fingerprint density at radius 2 is 2.45 bits per heavy atom. The van der Waals surface area contributed by atoms with Crippen molar-refractivity contribution < 1.29 is 14.3 Å². The summed E-state index contributed by atoms with van der Waals surface area (Å²) < 4.78 is 5.11. The van der Waals surface area contributed by atoms with E-state index in [0.717, 1.165) is 0 Å². The summed E-state index contributed by atoms with van der Waals surface area (Å²) in [6.45, 7) is 2.79. The summed E-state index contributed by atoms with van der Waals surface area (Å²) in [7, 11) is 0. The maximum absolute atomic E-state index is 11.1. The summed E-state index contributed by atoms with van der Waals surface area (Å²) in [5, 5.41) is 8.88. The third kappa shape index (κ3) is 2.69. The van der Waals surface area contributed by atoms with Crippen molar-refractivity contribution in [3.8, 4) is 6.07 Å². The number of hydrogen-bond donors (Lipinski definition) is 1. The Kier molecular flexibility index (Phi) is 3.57. The number of pyridine rings is 1. The zero-order chi connectivity index (χ0) is 14.8. The van der Waals surface area contributed by atoms with Crippen LogP contribution in [-0.2, 0) is 4.74 Å². The zero-order valence-electron chi connectivity index (χ0n) is 11.0. The predicted octanol–water partition coefficient (Wildman–Crippen LogP) is 0.830. The maximum Gasteiger partial charge on any atom is 0.405 e. The van der Waals surface area contributed by atoms with E-state index >= 15 is 0 Å². The molecule has 0 bridgehead atoms. The van der Waals surface area contributed by atoms with Gasteiger partial charge in [-0.2, -0.15) is 5.26 Å². The first-order valence-corrected chi connectivity index (χ1v) is 6.06. The molecule has 2 rings (SSSR count). The van der Waals surface area contributed by atoms with Crippen LogP contribution in [0.4, 0.5) is 10.5 Å². The smallest absolute Gasteiger partial charge is 0.405 e. The van der Waals surface area contributed by atoms with Gasteiger partial charge in [0.1, 0.15) is 17.4 Å². The molecule has 1 saturated heterocycles. The van der Waals surface area contributed by atoms with Crippen molar-refractivity contribution in [1.29, 1.82) is 5.26 Å². The van der Waals surface area contributed by atoms with Crippen LogP contribution in [0.25, 0.3) is 0 Å². The van der Waals surface area contributed by atoms with E-state index in [0.29, 0.717) is 37.0 Å². The fraction of sp³-hybridized carbons (Fsp3) is 0.385. The number of ether oxygens (including phenoxy) is 1. The number of hydrogen-bond acceptors (Lipinski definition) is 6. The Labute approximate surface area is 115 Å². The van der Waals surface area contributed by atoms with Crippen molar-refractivity contribution in [2.45, 2.75) is 18.9 Å². The molecule has 2 N–H and O–H groups in total. The maximum atomic E-state index is 11.1. The average molecular weight is 274 g/mol. The first kappa shape index (κ1) is 13.8. The molecule has 1 aromatic rings. The summed E-state index contributed by atoms with van der Waals surface area (Å²) in [5.74, 6) is 0. The number of carbonyl (C=O) groups is 2. The number of aromatic nitrogens is 1.